The monoisotopic (exact) mass is 309 g/mol. The first-order chi connectivity index (χ1) is 11.2. The third-order valence-electron chi connectivity index (χ3n) is 4.50. The smallest absolute Gasteiger partial charge is 0.255 e. The third-order valence-corrected chi connectivity index (χ3v) is 4.50. The SMILES string of the molecule is Cn1c(=O)c(CNc2nnc3n2CCCC3)cc2ccccc21. The van der Waals surface area contributed by atoms with Gasteiger partial charge in [-0.2, -0.15) is 0 Å². The van der Waals surface area contributed by atoms with E-state index in [2.05, 4.69) is 20.1 Å². The van der Waals surface area contributed by atoms with Gasteiger partial charge in [0.1, 0.15) is 5.82 Å². The number of rotatable bonds is 3. The molecule has 3 heterocycles. The van der Waals surface area contributed by atoms with Crippen molar-refractivity contribution in [2.24, 2.45) is 7.05 Å². The molecule has 118 valence electrons. The van der Waals surface area contributed by atoms with Gasteiger partial charge in [0.25, 0.3) is 5.56 Å². The molecule has 1 N–H and O–H groups in total. The molecule has 1 aliphatic heterocycles. The number of hydrogen-bond donors (Lipinski definition) is 1. The van der Waals surface area contributed by atoms with Crippen LogP contribution in [-0.4, -0.2) is 19.3 Å². The largest absolute Gasteiger partial charge is 0.350 e. The molecule has 0 unspecified atom stereocenters. The van der Waals surface area contributed by atoms with Crippen molar-refractivity contribution in [1.82, 2.24) is 19.3 Å². The van der Waals surface area contributed by atoms with Crippen molar-refractivity contribution < 1.29 is 0 Å². The minimum Gasteiger partial charge on any atom is -0.350 e. The molecule has 0 saturated heterocycles. The summed E-state index contributed by atoms with van der Waals surface area (Å²) >= 11 is 0. The van der Waals surface area contributed by atoms with Crippen molar-refractivity contribution in [2.75, 3.05) is 5.32 Å². The van der Waals surface area contributed by atoms with Crippen molar-refractivity contribution in [3.8, 4) is 0 Å². The molecule has 23 heavy (non-hydrogen) atoms. The highest BCUT2D eigenvalue weighted by molar-refractivity contribution is 5.79. The van der Waals surface area contributed by atoms with Gasteiger partial charge >= 0.3 is 0 Å². The second kappa shape index (κ2) is 5.53. The first-order valence-electron chi connectivity index (χ1n) is 7.97. The Balaban J connectivity index is 1.65. The van der Waals surface area contributed by atoms with E-state index in [1.54, 1.807) is 4.57 Å². The Labute approximate surface area is 133 Å². The molecule has 3 aromatic rings. The highest BCUT2D eigenvalue weighted by Crippen LogP contribution is 2.18. The summed E-state index contributed by atoms with van der Waals surface area (Å²) < 4.78 is 3.82. The topological polar surface area (TPSA) is 64.7 Å². The van der Waals surface area contributed by atoms with Crippen LogP contribution in [0.3, 0.4) is 0 Å². The van der Waals surface area contributed by atoms with Crippen molar-refractivity contribution in [2.45, 2.75) is 32.4 Å². The average molecular weight is 309 g/mol. The van der Waals surface area contributed by atoms with E-state index in [1.165, 1.54) is 6.42 Å². The summed E-state index contributed by atoms with van der Waals surface area (Å²) in [5.41, 5.74) is 1.70. The van der Waals surface area contributed by atoms with Gasteiger partial charge in [0.2, 0.25) is 5.95 Å². The average Bonchev–Trinajstić information content (AvgIpc) is 3.00. The molecule has 0 aliphatic carbocycles. The first kappa shape index (κ1) is 14.0. The van der Waals surface area contributed by atoms with Crippen LogP contribution in [-0.2, 0) is 26.6 Å². The van der Waals surface area contributed by atoms with Gasteiger partial charge < -0.3 is 9.88 Å². The molecule has 1 aliphatic rings. The second-order valence-electron chi connectivity index (χ2n) is 5.99. The maximum absolute atomic E-state index is 12.5. The Kier molecular flexibility index (Phi) is 3.37. The number of para-hydroxylation sites is 1. The number of anilines is 1. The van der Waals surface area contributed by atoms with Crippen molar-refractivity contribution in [1.29, 1.82) is 0 Å². The van der Waals surface area contributed by atoms with E-state index in [0.717, 1.165) is 47.6 Å². The quantitative estimate of drug-likeness (QED) is 0.804. The van der Waals surface area contributed by atoms with Gasteiger partial charge in [-0.15, -0.1) is 10.2 Å². The summed E-state index contributed by atoms with van der Waals surface area (Å²) in [4.78, 5) is 12.5. The van der Waals surface area contributed by atoms with E-state index < -0.39 is 0 Å². The van der Waals surface area contributed by atoms with Crippen LogP contribution in [0.4, 0.5) is 5.95 Å². The zero-order valence-corrected chi connectivity index (χ0v) is 13.1. The van der Waals surface area contributed by atoms with E-state index in [0.29, 0.717) is 6.54 Å². The minimum atomic E-state index is 0.0228. The van der Waals surface area contributed by atoms with Gasteiger partial charge in [-0.25, -0.2) is 0 Å². The van der Waals surface area contributed by atoms with Crippen molar-refractivity contribution in [3.05, 3.63) is 52.1 Å². The molecule has 2 aromatic heterocycles. The van der Waals surface area contributed by atoms with Crippen LogP contribution in [0.1, 0.15) is 24.2 Å². The van der Waals surface area contributed by atoms with E-state index in [4.69, 9.17) is 0 Å². The van der Waals surface area contributed by atoms with Crippen molar-refractivity contribution in [3.63, 3.8) is 0 Å². The Bertz CT molecular complexity index is 924. The maximum atomic E-state index is 12.5. The molecule has 0 bridgehead atoms. The predicted octanol–water partition coefficient (Wildman–Crippen LogP) is 2.08. The third kappa shape index (κ3) is 2.40. The number of aryl methyl sites for hydroxylation is 2. The Hall–Kier alpha value is -2.63. The lowest BCUT2D eigenvalue weighted by atomic mass is 10.1. The van der Waals surface area contributed by atoms with Gasteiger partial charge in [-0.3, -0.25) is 9.36 Å². The number of benzene rings is 1. The molecular formula is C17H19N5O. The molecule has 0 radical (unpaired) electrons. The molecule has 0 saturated carbocycles. The number of fused-ring (bicyclic) bond motifs is 2. The highest BCUT2D eigenvalue weighted by atomic mass is 16.1. The van der Waals surface area contributed by atoms with Gasteiger partial charge in [0.05, 0.1) is 5.52 Å². The molecular weight excluding hydrogens is 290 g/mol. The molecule has 4 rings (SSSR count). The van der Waals surface area contributed by atoms with E-state index >= 15 is 0 Å². The number of aromatic nitrogens is 4. The molecule has 6 nitrogen and oxygen atoms in total. The summed E-state index contributed by atoms with van der Waals surface area (Å²) in [7, 11) is 1.81. The molecule has 0 atom stereocenters. The van der Waals surface area contributed by atoms with Gasteiger partial charge in [-0.1, -0.05) is 18.2 Å². The van der Waals surface area contributed by atoms with Crippen LogP contribution in [0.2, 0.25) is 0 Å². The van der Waals surface area contributed by atoms with Gasteiger partial charge in [-0.05, 0) is 30.4 Å². The Morgan fingerprint density at radius 3 is 3.00 bits per heavy atom. The normalized spacial score (nSPS) is 14.0. The number of hydrogen-bond acceptors (Lipinski definition) is 4. The van der Waals surface area contributed by atoms with Crippen LogP contribution in [0.15, 0.2) is 35.1 Å². The summed E-state index contributed by atoms with van der Waals surface area (Å²) in [6.45, 7) is 1.40. The van der Waals surface area contributed by atoms with Crippen LogP contribution >= 0.6 is 0 Å². The van der Waals surface area contributed by atoms with Crippen molar-refractivity contribution >= 4 is 16.9 Å². The standard InChI is InChI=1S/C17H19N5O/c1-21-14-7-3-2-6-12(14)10-13(16(21)23)11-18-17-20-19-15-8-4-5-9-22(15)17/h2-3,6-7,10H,4-5,8-9,11H2,1H3,(H,18,20). The lowest BCUT2D eigenvalue weighted by molar-refractivity contribution is 0.525. The van der Waals surface area contributed by atoms with E-state index in [9.17, 15) is 4.79 Å². The summed E-state index contributed by atoms with van der Waals surface area (Å²) in [5, 5.41) is 12.8. The molecule has 6 heteroatoms. The van der Waals surface area contributed by atoms with Gasteiger partial charge in [0, 0.05) is 32.1 Å². The summed E-state index contributed by atoms with van der Waals surface area (Å²) in [6, 6.07) is 9.87. The summed E-state index contributed by atoms with van der Waals surface area (Å²) in [6.07, 6.45) is 3.30. The maximum Gasteiger partial charge on any atom is 0.255 e. The Morgan fingerprint density at radius 1 is 1.22 bits per heavy atom. The number of pyridine rings is 1. The number of nitrogens with one attached hydrogen (secondary N) is 1. The van der Waals surface area contributed by atoms with E-state index in [-0.39, 0.29) is 5.56 Å². The van der Waals surface area contributed by atoms with Gasteiger partial charge in [0.15, 0.2) is 0 Å². The summed E-state index contributed by atoms with van der Waals surface area (Å²) in [5.74, 6) is 1.79. The van der Waals surface area contributed by atoms with Crippen LogP contribution in [0, 0.1) is 0 Å². The fourth-order valence-corrected chi connectivity index (χ4v) is 3.23. The zero-order chi connectivity index (χ0) is 15.8. The predicted molar refractivity (Wildman–Crippen MR) is 89.5 cm³/mol. The second-order valence-corrected chi connectivity index (χ2v) is 5.99. The lowest BCUT2D eigenvalue weighted by Gasteiger charge is -2.15. The van der Waals surface area contributed by atoms with Crippen LogP contribution in [0.25, 0.3) is 10.9 Å². The fraction of sp³-hybridized carbons (Fsp3) is 0.353. The highest BCUT2D eigenvalue weighted by Gasteiger charge is 2.16. The molecule has 1 aromatic carbocycles. The van der Waals surface area contributed by atoms with Crippen LogP contribution < -0.4 is 10.9 Å². The minimum absolute atomic E-state index is 0.0228. The fourth-order valence-electron chi connectivity index (χ4n) is 3.23. The first-order valence-corrected chi connectivity index (χ1v) is 7.97. The lowest BCUT2D eigenvalue weighted by Crippen LogP contribution is -2.23. The Morgan fingerprint density at radius 2 is 2.09 bits per heavy atom. The van der Waals surface area contributed by atoms with Crippen LogP contribution in [0.5, 0.6) is 0 Å². The molecule has 0 spiro atoms. The molecule has 0 fully saturated rings. The number of nitrogens with zero attached hydrogens (tertiary/aromatic N) is 4. The molecule has 0 amide bonds. The zero-order valence-electron chi connectivity index (χ0n) is 13.1. The van der Waals surface area contributed by atoms with E-state index in [1.807, 2.05) is 37.4 Å².